The highest BCUT2D eigenvalue weighted by atomic mass is 35.5. The van der Waals surface area contributed by atoms with Gasteiger partial charge in [-0.3, -0.25) is 9.69 Å². The molecule has 1 aliphatic heterocycles. The largest absolute Gasteiger partial charge is 0.342 e. The van der Waals surface area contributed by atoms with Crippen LogP contribution in [0, 0.1) is 0 Å². The van der Waals surface area contributed by atoms with Crippen LogP contribution in [-0.4, -0.2) is 33.3 Å². The normalized spacial score (nSPS) is 16.2. The molecule has 0 unspecified atom stereocenters. The van der Waals surface area contributed by atoms with Crippen molar-refractivity contribution in [2.75, 3.05) is 6.54 Å². The van der Waals surface area contributed by atoms with Gasteiger partial charge in [-0.1, -0.05) is 51.0 Å². The molecule has 1 aliphatic rings. The summed E-state index contributed by atoms with van der Waals surface area (Å²) >= 11 is 5.94. The van der Waals surface area contributed by atoms with Gasteiger partial charge in [0.05, 0.1) is 0 Å². The Hall–Kier alpha value is -1.62. The van der Waals surface area contributed by atoms with Gasteiger partial charge in [0, 0.05) is 36.9 Å². The van der Waals surface area contributed by atoms with Crippen molar-refractivity contribution >= 4 is 23.7 Å². The van der Waals surface area contributed by atoms with Crippen molar-refractivity contribution in [3.63, 3.8) is 0 Å². The number of amides is 3. The van der Waals surface area contributed by atoms with Crippen LogP contribution >= 0.6 is 11.8 Å². The number of unbranched alkanes of at least 4 members (excludes halogenated alkanes) is 9. The molecule has 0 N–H and O–H groups in total. The number of imide groups is 1. The molecule has 156 valence electrons. The highest BCUT2D eigenvalue weighted by molar-refractivity contribution is 6.27. The summed E-state index contributed by atoms with van der Waals surface area (Å²) in [5.74, 6) is -0.196. The van der Waals surface area contributed by atoms with Crippen LogP contribution in [0.5, 0.6) is 0 Å². The lowest BCUT2D eigenvalue weighted by Crippen LogP contribution is -2.39. The second-order valence-electron chi connectivity index (χ2n) is 8.23. The van der Waals surface area contributed by atoms with E-state index in [9.17, 15) is 9.59 Å². The average molecular weight is 409 g/mol. The number of hydrogen-bond donors (Lipinski definition) is 0. The van der Waals surface area contributed by atoms with E-state index in [1.165, 1.54) is 49.8 Å². The fraction of sp³-hybridized carbons (Fsp3) is 0.682. The van der Waals surface area contributed by atoms with E-state index in [1.54, 1.807) is 13.8 Å². The molecule has 0 bridgehead atoms. The van der Waals surface area contributed by atoms with E-state index in [2.05, 4.69) is 35.2 Å². The second-order valence-corrected chi connectivity index (χ2v) is 8.57. The van der Waals surface area contributed by atoms with Crippen LogP contribution in [-0.2, 0) is 11.3 Å². The summed E-state index contributed by atoms with van der Waals surface area (Å²) in [7, 11) is 0. The van der Waals surface area contributed by atoms with Gasteiger partial charge in [0.1, 0.15) is 12.1 Å². The molecule has 0 spiro atoms. The van der Waals surface area contributed by atoms with Crippen LogP contribution in [0.3, 0.4) is 0 Å². The van der Waals surface area contributed by atoms with Crippen LogP contribution < -0.4 is 4.57 Å². The molecule has 5 nitrogen and oxygen atoms in total. The maximum absolute atomic E-state index is 12.2. The van der Waals surface area contributed by atoms with Crippen molar-refractivity contribution in [3.05, 3.63) is 30.6 Å². The van der Waals surface area contributed by atoms with Crippen LogP contribution in [0.1, 0.15) is 78.1 Å². The summed E-state index contributed by atoms with van der Waals surface area (Å²) in [5, 5.41) is 0. The molecule has 1 fully saturated rings. The molecule has 0 aromatic carbocycles. The second kappa shape index (κ2) is 11.4. The third-order valence-corrected chi connectivity index (χ3v) is 6.05. The lowest BCUT2D eigenvalue weighted by Gasteiger charge is -2.19. The van der Waals surface area contributed by atoms with Crippen molar-refractivity contribution in [2.45, 2.75) is 90.1 Å². The van der Waals surface area contributed by atoms with Gasteiger partial charge in [0.2, 0.25) is 0 Å². The molecule has 2 rings (SSSR count). The molecule has 1 aromatic heterocycles. The van der Waals surface area contributed by atoms with Crippen molar-refractivity contribution in [1.29, 1.82) is 0 Å². The fourth-order valence-electron chi connectivity index (χ4n) is 3.61. The summed E-state index contributed by atoms with van der Waals surface area (Å²) in [6.45, 7) is 4.95. The number of urea groups is 1. The van der Waals surface area contributed by atoms with Crippen LogP contribution in [0.15, 0.2) is 30.6 Å². The first-order valence-corrected chi connectivity index (χ1v) is 11.0. The van der Waals surface area contributed by atoms with Gasteiger partial charge in [-0.15, -0.1) is 0 Å². The van der Waals surface area contributed by atoms with Crippen molar-refractivity contribution in [1.82, 2.24) is 9.32 Å². The third kappa shape index (κ3) is 6.47. The van der Waals surface area contributed by atoms with Gasteiger partial charge in [0.15, 0.2) is 12.4 Å². The molecule has 3 amide bonds. The Bertz CT molecular complexity index is 621. The zero-order valence-corrected chi connectivity index (χ0v) is 18.2. The van der Waals surface area contributed by atoms with Gasteiger partial charge >= 0.3 is 6.03 Å². The summed E-state index contributed by atoms with van der Waals surface area (Å²) in [5.41, 5.74) is -0.932. The first-order chi connectivity index (χ1) is 13.4. The van der Waals surface area contributed by atoms with Gasteiger partial charge in [0.25, 0.3) is 5.91 Å². The quantitative estimate of drug-likeness (QED) is 0.198. The van der Waals surface area contributed by atoms with E-state index < -0.39 is 5.54 Å². The molecular formula is C22H35ClN3O2+. The molecule has 1 aromatic rings. The van der Waals surface area contributed by atoms with E-state index in [-0.39, 0.29) is 11.9 Å². The number of halogens is 1. The Kier molecular flexibility index (Phi) is 9.23. The number of rotatable bonds is 13. The standard InChI is InChI=1S/C22H35ClN3O2/c1-22(2)20(27)25(21(28)26(22)23)19-15-10-8-6-4-3-5-7-9-12-16-24-17-13-11-14-18-24/h11,13-14,17-18H,3-10,12,15-16,19H2,1-2H3/q+1. The minimum absolute atomic E-state index is 0.196. The smallest absolute Gasteiger partial charge is 0.272 e. The topological polar surface area (TPSA) is 44.5 Å². The van der Waals surface area contributed by atoms with Crippen LogP contribution in [0.4, 0.5) is 4.79 Å². The van der Waals surface area contributed by atoms with Gasteiger partial charge in [-0.25, -0.2) is 13.8 Å². The summed E-state index contributed by atoms with van der Waals surface area (Å²) < 4.78 is 3.27. The van der Waals surface area contributed by atoms with E-state index >= 15 is 0 Å². The first kappa shape index (κ1) is 22.7. The minimum Gasteiger partial charge on any atom is -0.272 e. The van der Waals surface area contributed by atoms with Crippen molar-refractivity contribution < 1.29 is 14.2 Å². The zero-order chi connectivity index (χ0) is 20.4. The minimum atomic E-state index is -0.932. The number of nitrogens with zero attached hydrogens (tertiary/aromatic N) is 3. The maximum Gasteiger partial charge on any atom is 0.342 e. The van der Waals surface area contributed by atoms with Gasteiger partial charge in [-0.05, 0) is 26.7 Å². The number of aromatic nitrogens is 1. The Morgan fingerprint density at radius 3 is 1.82 bits per heavy atom. The molecule has 0 aliphatic carbocycles. The summed E-state index contributed by atoms with van der Waals surface area (Å²) in [6.07, 6.45) is 16.3. The number of aryl methyl sites for hydroxylation is 1. The Morgan fingerprint density at radius 2 is 1.32 bits per heavy atom. The molecule has 28 heavy (non-hydrogen) atoms. The highest BCUT2D eigenvalue weighted by Gasteiger charge is 2.50. The maximum atomic E-state index is 12.2. The molecule has 0 atom stereocenters. The predicted molar refractivity (Wildman–Crippen MR) is 112 cm³/mol. The van der Waals surface area contributed by atoms with Crippen molar-refractivity contribution in [2.24, 2.45) is 0 Å². The van der Waals surface area contributed by atoms with Crippen LogP contribution in [0.2, 0.25) is 0 Å². The molecule has 6 heteroatoms. The molecule has 0 radical (unpaired) electrons. The van der Waals surface area contributed by atoms with Crippen molar-refractivity contribution in [3.8, 4) is 0 Å². The number of pyridine rings is 1. The Morgan fingerprint density at radius 1 is 0.821 bits per heavy atom. The molecule has 0 saturated carbocycles. The molecule has 2 heterocycles. The van der Waals surface area contributed by atoms with E-state index in [0.29, 0.717) is 6.54 Å². The highest BCUT2D eigenvalue weighted by Crippen LogP contribution is 2.29. The first-order valence-electron chi connectivity index (χ1n) is 10.7. The zero-order valence-electron chi connectivity index (χ0n) is 17.4. The number of carbonyl (C=O) groups is 2. The fourth-order valence-corrected chi connectivity index (χ4v) is 3.77. The monoisotopic (exact) mass is 408 g/mol. The number of carbonyl (C=O) groups excluding carboxylic acids is 2. The van der Waals surface area contributed by atoms with E-state index in [0.717, 1.165) is 30.2 Å². The van der Waals surface area contributed by atoms with E-state index in [1.807, 2.05) is 0 Å². The predicted octanol–water partition coefficient (Wildman–Crippen LogP) is 5.07. The average Bonchev–Trinajstić information content (AvgIpc) is 2.84. The third-order valence-electron chi connectivity index (χ3n) is 5.48. The molecular weight excluding hydrogens is 374 g/mol. The molecule has 1 saturated heterocycles. The lowest BCUT2D eigenvalue weighted by atomic mass is 10.1. The Labute approximate surface area is 174 Å². The van der Waals surface area contributed by atoms with Crippen LogP contribution in [0.25, 0.3) is 0 Å². The number of hydrogen-bond acceptors (Lipinski definition) is 2. The summed E-state index contributed by atoms with van der Waals surface area (Å²) in [4.78, 5) is 25.5. The Balaban J connectivity index is 1.41. The van der Waals surface area contributed by atoms with Gasteiger partial charge in [-0.2, -0.15) is 0 Å². The van der Waals surface area contributed by atoms with E-state index in [4.69, 9.17) is 11.8 Å². The lowest BCUT2D eigenvalue weighted by molar-refractivity contribution is -0.697. The van der Waals surface area contributed by atoms with Gasteiger partial charge < -0.3 is 0 Å². The SMILES string of the molecule is CC1(C)C(=O)N(CCCCCCCCCCCC[n+]2ccccc2)C(=O)N1Cl. The summed E-state index contributed by atoms with van der Waals surface area (Å²) in [6, 6.07) is 5.82.